The normalized spacial score (nSPS) is 21.3. The van der Waals surface area contributed by atoms with E-state index >= 15 is 0 Å². The van der Waals surface area contributed by atoms with Crippen LogP contribution in [-0.2, 0) is 10.2 Å². The van der Waals surface area contributed by atoms with E-state index in [1.807, 2.05) is 26.1 Å². The number of H-pyrrole nitrogens is 1. The van der Waals surface area contributed by atoms with Crippen LogP contribution in [0, 0.1) is 0 Å². The van der Waals surface area contributed by atoms with Gasteiger partial charge in [-0.3, -0.25) is 9.89 Å². The topological polar surface area (TPSA) is 61.9 Å². The van der Waals surface area contributed by atoms with Crippen LogP contribution in [0.5, 0.6) is 0 Å². The van der Waals surface area contributed by atoms with E-state index in [9.17, 15) is 4.79 Å². The molecule has 1 fully saturated rings. The van der Waals surface area contributed by atoms with E-state index in [1.165, 1.54) is 48.7 Å². The molecular weight excluding hydrogens is 368 g/mol. The van der Waals surface area contributed by atoms with Gasteiger partial charge in [-0.25, -0.2) is 4.98 Å². The number of fused-ring (bicyclic) bond motifs is 1. The van der Waals surface area contributed by atoms with Gasteiger partial charge < -0.3 is 4.90 Å². The number of carbonyl (C=O) groups excluding carboxylic acids is 1. The number of carbonyl (C=O) groups is 1. The number of aromatic nitrogens is 3. The highest BCUT2D eigenvalue weighted by atomic mass is 32.2. The molecule has 0 saturated heterocycles. The SMILES string of the molecule is CC(Sc1n[nH]c(C2CCCC2)n1)C(=O)/C=C1\N(C)c2ccccc2C1(C)C. The van der Waals surface area contributed by atoms with E-state index in [0.717, 1.165) is 11.5 Å². The second-order valence-electron chi connectivity index (χ2n) is 8.38. The van der Waals surface area contributed by atoms with Gasteiger partial charge in [-0.05, 0) is 31.4 Å². The summed E-state index contributed by atoms with van der Waals surface area (Å²) in [5.41, 5.74) is 3.27. The maximum Gasteiger partial charge on any atom is 0.209 e. The molecule has 2 heterocycles. The van der Waals surface area contributed by atoms with E-state index in [4.69, 9.17) is 0 Å². The number of ketones is 1. The fraction of sp³-hybridized carbons (Fsp3) is 0.500. The van der Waals surface area contributed by atoms with E-state index in [2.05, 4.69) is 52.1 Å². The van der Waals surface area contributed by atoms with Gasteiger partial charge in [0.15, 0.2) is 5.78 Å². The van der Waals surface area contributed by atoms with Gasteiger partial charge >= 0.3 is 0 Å². The van der Waals surface area contributed by atoms with Gasteiger partial charge in [0.05, 0.1) is 5.25 Å². The van der Waals surface area contributed by atoms with Crippen LogP contribution < -0.4 is 4.90 Å². The molecule has 1 aliphatic heterocycles. The lowest BCUT2D eigenvalue weighted by Gasteiger charge is -2.24. The highest BCUT2D eigenvalue weighted by Gasteiger charge is 2.38. The predicted molar refractivity (Wildman–Crippen MR) is 114 cm³/mol. The molecule has 2 aliphatic rings. The number of allylic oxidation sites excluding steroid dienone is 2. The number of thioether (sulfide) groups is 1. The minimum absolute atomic E-state index is 0.0972. The molecule has 1 atom stereocenters. The van der Waals surface area contributed by atoms with Crippen molar-refractivity contribution in [1.29, 1.82) is 0 Å². The Balaban J connectivity index is 1.49. The predicted octanol–water partition coefficient (Wildman–Crippen LogP) is 4.82. The third-order valence-electron chi connectivity index (χ3n) is 6.13. The van der Waals surface area contributed by atoms with Gasteiger partial charge in [-0.2, -0.15) is 0 Å². The maximum absolute atomic E-state index is 13.0. The molecule has 0 bridgehead atoms. The molecule has 0 spiro atoms. The van der Waals surface area contributed by atoms with Crippen molar-refractivity contribution in [2.24, 2.45) is 0 Å². The summed E-state index contributed by atoms with van der Waals surface area (Å²) in [5.74, 6) is 1.58. The van der Waals surface area contributed by atoms with Crippen LogP contribution in [0.2, 0.25) is 0 Å². The molecule has 6 heteroatoms. The first-order valence-corrected chi connectivity index (χ1v) is 10.9. The second-order valence-corrected chi connectivity index (χ2v) is 9.69. The molecule has 2 aromatic rings. The molecule has 4 rings (SSSR count). The van der Waals surface area contributed by atoms with Crippen molar-refractivity contribution in [2.45, 2.75) is 68.2 Å². The Morgan fingerprint density at radius 2 is 2.04 bits per heavy atom. The zero-order chi connectivity index (χ0) is 19.9. The van der Waals surface area contributed by atoms with Crippen LogP contribution in [0.15, 0.2) is 41.2 Å². The monoisotopic (exact) mass is 396 g/mol. The summed E-state index contributed by atoms with van der Waals surface area (Å²) >= 11 is 1.43. The number of rotatable bonds is 5. The van der Waals surface area contributed by atoms with E-state index in [1.54, 1.807) is 0 Å². The number of hydrogen-bond acceptors (Lipinski definition) is 5. The molecule has 5 nitrogen and oxygen atoms in total. The highest BCUT2D eigenvalue weighted by Crippen LogP contribution is 2.46. The molecule has 148 valence electrons. The molecule has 1 aliphatic carbocycles. The Hall–Kier alpha value is -2.08. The molecule has 1 unspecified atom stereocenters. The van der Waals surface area contributed by atoms with Crippen molar-refractivity contribution in [3.8, 4) is 0 Å². The molecule has 1 aromatic heterocycles. The van der Waals surface area contributed by atoms with Crippen molar-refractivity contribution in [2.75, 3.05) is 11.9 Å². The first-order valence-electron chi connectivity index (χ1n) is 10.1. The molecular formula is C22H28N4OS. The van der Waals surface area contributed by atoms with Crippen LogP contribution in [0.25, 0.3) is 0 Å². The van der Waals surface area contributed by atoms with Crippen molar-refractivity contribution < 1.29 is 4.79 Å². The van der Waals surface area contributed by atoms with Crippen LogP contribution in [0.4, 0.5) is 5.69 Å². The molecule has 28 heavy (non-hydrogen) atoms. The van der Waals surface area contributed by atoms with Crippen LogP contribution in [0.3, 0.4) is 0 Å². The summed E-state index contributed by atoms with van der Waals surface area (Å²) < 4.78 is 0. The Morgan fingerprint density at radius 1 is 1.32 bits per heavy atom. The lowest BCUT2D eigenvalue weighted by atomic mass is 9.83. The van der Waals surface area contributed by atoms with Crippen molar-refractivity contribution >= 4 is 23.2 Å². The Bertz CT molecular complexity index is 911. The second kappa shape index (κ2) is 7.39. The molecule has 0 amide bonds. The number of nitrogens with zero attached hydrogens (tertiary/aromatic N) is 3. The fourth-order valence-corrected chi connectivity index (χ4v) is 5.17. The molecule has 1 saturated carbocycles. The van der Waals surface area contributed by atoms with Crippen molar-refractivity contribution in [3.05, 3.63) is 47.4 Å². The highest BCUT2D eigenvalue weighted by molar-refractivity contribution is 8.00. The summed E-state index contributed by atoms with van der Waals surface area (Å²) in [7, 11) is 2.04. The Morgan fingerprint density at radius 3 is 2.75 bits per heavy atom. The van der Waals surface area contributed by atoms with E-state index in [0.29, 0.717) is 11.1 Å². The molecule has 1 aromatic carbocycles. The summed E-state index contributed by atoms with van der Waals surface area (Å²) in [5, 5.41) is 7.86. The van der Waals surface area contributed by atoms with Crippen LogP contribution >= 0.6 is 11.8 Å². The average Bonchev–Trinajstić information content (AvgIpc) is 3.39. The number of para-hydroxylation sites is 1. The first kappa shape index (κ1) is 19.2. The van der Waals surface area contributed by atoms with Gasteiger partial charge in [-0.15, -0.1) is 5.10 Å². The largest absolute Gasteiger partial charge is 0.347 e. The smallest absolute Gasteiger partial charge is 0.209 e. The summed E-state index contributed by atoms with van der Waals surface area (Å²) in [4.78, 5) is 19.7. The number of likely N-dealkylation sites (N-methyl/N-ethyl adjacent to an activating group) is 1. The lowest BCUT2D eigenvalue weighted by molar-refractivity contribution is -0.114. The van der Waals surface area contributed by atoms with Gasteiger partial charge in [0.1, 0.15) is 5.82 Å². The van der Waals surface area contributed by atoms with E-state index < -0.39 is 0 Å². The van der Waals surface area contributed by atoms with E-state index in [-0.39, 0.29) is 16.4 Å². The summed E-state index contributed by atoms with van der Waals surface area (Å²) in [6, 6.07) is 8.36. The zero-order valence-electron chi connectivity index (χ0n) is 17.0. The fourth-order valence-electron chi connectivity index (χ4n) is 4.42. The van der Waals surface area contributed by atoms with Gasteiger partial charge in [0.25, 0.3) is 0 Å². The molecule has 0 radical (unpaired) electrons. The van der Waals surface area contributed by atoms with Gasteiger partial charge in [-0.1, -0.05) is 56.7 Å². The molecule has 1 N–H and O–H groups in total. The average molecular weight is 397 g/mol. The standard InChI is InChI=1S/C22H28N4OS/c1-14(28-21-23-20(24-25-21)15-9-5-6-10-15)18(27)13-19-22(2,3)16-11-7-8-12-17(16)26(19)4/h7-8,11-15H,5-6,9-10H2,1-4H3,(H,23,24,25)/b19-13-. The first-order chi connectivity index (χ1) is 13.4. The number of benzene rings is 1. The number of anilines is 1. The van der Waals surface area contributed by atoms with Crippen molar-refractivity contribution in [3.63, 3.8) is 0 Å². The number of aromatic amines is 1. The third kappa shape index (κ3) is 3.39. The maximum atomic E-state index is 13.0. The Labute approximate surface area is 171 Å². The quantitative estimate of drug-likeness (QED) is 0.580. The van der Waals surface area contributed by atoms with Crippen LogP contribution in [-0.4, -0.2) is 33.3 Å². The van der Waals surface area contributed by atoms with Crippen LogP contribution in [0.1, 0.15) is 63.8 Å². The summed E-state index contributed by atoms with van der Waals surface area (Å²) in [6.45, 7) is 6.29. The zero-order valence-corrected chi connectivity index (χ0v) is 17.8. The number of hydrogen-bond donors (Lipinski definition) is 1. The number of nitrogens with one attached hydrogen (secondary N) is 1. The summed E-state index contributed by atoms with van der Waals surface area (Å²) in [6.07, 6.45) is 6.70. The van der Waals surface area contributed by atoms with Gasteiger partial charge in [0, 0.05) is 35.8 Å². The minimum atomic E-state index is -0.229. The third-order valence-corrected chi connectivity index (χ3v) is 7.11. The minimum Gasteiger partial charge on any atom is -0.347 e. The van der Waals surface area contributed by atoms with Gasteiger partial charge in [0.2, 0.25) is 5.16 Å². The Kier molecular flexibility index (Phi) is 5.08. The van der Waals surface area contributed by atoms with Crippen molar-refractivity contribution in [1.82, 2.24) is 15.2 Å². The lowest BCUT2D eigenvalue weighted by Crippen LogP contribution is -2.25.